The second kappa shape index (κ2) is 4.23. The largest absolute Gasteiger partial charge is 0.389 e. The van der Waals surface area contributed by atoms with Crippen molar-refractivity contribution < 1.29 is 19.4 Å². The molecule has 3 fully saturated rings. The van der Waals surface area contributed by atoms with Crippen molar-refractivity contribution in [3.8, 4) is 0 Å². The monoisotopic (exact) mass is 241 g/mol. The lowest BCUT2D eigenvalue weighted by Gasteiger charge is -2.41. The Morgan fingerprint density at radius 2 is 1.76 bits per heavy atom. The Labute approximate surface area is 101 Å². The third-order valence-corrected chi connectivity index (χ3v) is 4.08. The van der Waals surface area contributed by atoms with Crippen molar-refractivity contribution in [1.82, 2.24) is 4.90 Å². The van der Waals surface area contributed by atoms with Gasteiger partial charge in [0.1, 0.15) is 0 Å². The Bertz CT molecular complexity index is 298. The molecule has 2 aliphatic heterocycles. The summed E-state index contributed by atoms with van der Waals surface area (Å²) in [6, 6.07) is 0. The predicted molar refractivity (Wildman–Crippen MR) is 59.2 cm³/mol. The van der Waals surface area contributed by atoms with Crippen LogP contribution in [-0.2, 0) is 14.3 Å². The first-order chi connectivity index (χ1) is 8.19. The van der Waals surface area contributed by atoms with Crippen LogP contribution in [0.1, 0.15) is 25.7 Å². The Kier molecular flexibility index (Phi) is 2.84. The molecule has 3 aliphatic rings. The highest BCUT2D eigenvalue weighted by Gasteiger charge is 2.43. The number of β-amino-alcohol motifs (C(OH)–C–C–N with tert-alkyl or cyclic N) is 1. The molecule has 5 nitrogen and oxygen atoms in total. The lowest BCUT2D eigenvalue weighted by atomic mass is 9.83. The van der Waals surface area contributed by atoms with Crippen molar-refractivity contribution in [3.05, 3.63) is 0 Å². The van der Waals surface area contributed by atoms with Gasteiger partial charge in [-0.25, -0.2) is 0 Å². The minimum atomic E-state index is -0.384. The molecule has 2 heterocycles. The van der Waals surface area contributed by atoms with Crippen LogP contribution in [-0.4, -0.2) is 54.1 Å². The summed E-state index contributed by atoms with van der Waals surface area (Å²) in [6.45, 7) is 2.37. The summed E-state index contributed by atoms with van der Waals surface area (Å²) in [5.74, 6) is -0.0883. The van der Waals surface area contributed by atoms with Crippen molar-refractivity contribution in [2.45, 2.75) is 37.6 Å². The number of hydrogen-bond donors (Lipinski definition) is 1. The Hall–Kier alpha value is -0.650. The molecule has 1 N–H and O–H groups in total. The molecule has 0 aromatic carbocycles. The molecule has 5 heteroatoms. The van der Waals surface area contributed by atoms with Crippen molar-refractivity contribution in [2.24, 2.45) is 5.92 Å². The van der Waals surface area contributed by atoms with Gasteiger partial charge in [0.25, 0.3) is 0 Å². The van der Waals surface area contributed by atoms with Crippen LogP contribution < -0.4 is 0 Å². The summed E-state index contributed by atoms with van der Waals surface area (Å²) in [5.41, 5.74) is 0. The first-order valence-electron chi connectivity index (χ1n) is 6.43. The van der Waals surface area contributed by atoms with Gasteiger partial charge in [0.15, 0.2) is 5.79 Å². The fourth-order valence-electron chi connectivity index (χ4n) is 2.98. The van der Waals surface area contributed by atoms with E-state index in [0.29, 0.717) is 26.3 Å². The van der Waals surface area contributed by atoms with Gasteiger partial charge < -0.3 is 19.5 Å². The lowest BCUT2D eigenvalue weighted by molar-refractivity contribution is -0.186. The Morgan fingerprint density at radius 1 is 1.18 bits per heavy atom. The summed E-state index contributed by atoms with van der Waals surface area (Å²) in [6.07, 6.45) is 3.01. The Morgan fingerprint density at radius 3 is 2.29 bits per heavy atom. The van der Waals surface area contributed by atoms with Gasteiger partial charge in [-0.15, -0.1) is 0 Å². The molecule has 0 aromatic heterocycles. The standard InChI is InChI=1S/C12H19NO4/c14-10-7-13(8-10)11(15)9-1-3-12(4-2-9)16-5-6-17-12/h9-10,14H,1-8H2. The van der Waals surface area contributed by atoms with Crippen LogP contribution in [0.4, 0.5) is 0 Å². The van der Waals surface area contributed by atoms with Crippen molar-refractivity contribution in [2.75, 3.05) is 26.3 Å². The summed E-state index contributed by atoms with van der Waals surface area (Å²) < 4.78 is 11.3. The normalized spacial score (nSPS) is 29.6. The summed E-state index contributed by atoms with van der Waals surface area (Å²) in [7, 11) is 0. The number of hydrogen-bond acceptors (Lipinski definition) is 4. The molecule has 1 amide bonds. The van der Waals surface area contributed by atoms with Crippen LogP contribution in [0.3, 0.4) is 0 Å². The van der Waals surface area contributed by atoms with E-state index in [0.717, 1.165) is 25.7 Å². The third kappa shape index (κ3) is 2.07. The molecule has 0 aromatic rings. The maximum Gasteiger partial charge on any atom is 0.225 e. The van der Waals surface area contributed by atoms with E-state index >= 15 is 0 Å². The number of carbonyl (C=O) groups is 1. The first kappa shape index (κ1) is 11.4. The van der Waals surface area contributed by atoms with Gasteiger partial charge >= 0.3 is 0 Å². The number of aliphatic hydroxyl groups excluding tert-OH is 1. The van der Waals surface area contributed by atoms with Crippen LogP contribution >= 0.6 is 0 Å². The average Bonchev–Trinajstić information content (AvgIpc) is 2.74. The average molecular weight is 241 g/mol. The van der Waals surface area contributed by atoms with Gasteiger partial charge in [0, 0.05) is 31.8 Å². The van der Waals surface area contributed by atoms with Crippen molar-refractivity contribution in [1.29, 1.82) is 0 Å². The van der Waals surface area contributed by atoms with Gasteiger partial charge in [-0.3, -0.25) is 4.79 Å². The van der Waals surface area contributed by atoms with E-state index in [1.165, 1.54) is 0 Å². The Balaban J connectivity index is 1.52. The van der Waals surface area contributed by atoms with Crippen LogP contribution in [0, 0.1) is 5.92 Å². The fraction of sp³-hybridized carbons (Fsp3) is 0.917. The molecule has 2 saturated heterocycles. The van der Waals surface area contributed by atoms with Crippen molar-refractivity contribution in [3.63, 3.8) is 0 Å². The van der Waals surface area contributed by atoms with E-state index in [1.807, 2.05) is 0 Å². The quantitative estimate of drug-likeness (QED) is 0.708. The number of aliphatic hydroxyl groups is 1. The lowest BCUT2D eigenvalue weighted by Crippen LogP contribution is -2.56. The number of rotatable bonds is 1. The molecule has 17 heavy (non-hydrogen) atoms. The summed E-state index contributed by atoms with van der Waals surface area (Å²) >= 11 is 0. The molecule has 0 radical (unpaired) electrons. The molecular formula is C12H19NO4. The second-order valence-electron chi connectivity index (χ2n) is 5.28. The molecular weight excluding hydrogens is 222 g/mol. The highest BCUT2D eigenvalue weighted by Crippen LogP contribution is 2.39. The first-order valence-corrected chi connectivity index (χ1v) is 6.43. The van der Waals surface area contributed by atoms with Gasteiger partial charge in [-0.05, 0) is 12.8 Å². The van der Waals surface area contributed by atoms with Crippen LogP contribution in [0.5, 0.6) is 0 Å². The minimum Gasteiger partial charge on any atom is -0.389 e. The summed E-state index contributed by atoms with van der Waals surface area (Å²) in [5, 5.41) is 9.20. The van der Waals surface area contributed by atoms with Crippen LogP contribution in [0.2, 0.25) is 0 Å². The second-order valence-corrected chi connectivity index (χ2v) is 5.28. The third-order valence-electron chi connectivity index (χ3n) is 4.08. The summed E-state index contributed by atoms with van der Waals surface area (Å²) in [4.78, 5) is 13.8. The number of nitrogens with zero attached hydrogens (tertiary/aromatic N) is 1. The van der Waals surface area contributed by atoms with E-state index in [9.17, 15) is 9.90 Å². The van der Waals surface area contributed by atoms with E-state index in [-0.39, 0.29) is 23.7 Å². The van der Waals surface area contributed by atoms with Crippen LogP contribution in [0.15, 0.2) is 0 Å². The molecule has 1 spiro atoms. The van der Waals surface area contributed by atoms with Gasteiger partial charge in [0.05, 0.1) is 19.3 Å². The smallest absolute Gasteiger partial charge is 0.225 e. The van der Waals surface area contributed by atoms with Crippen molar-refractivity contribution >= 4 is 5.91 Å². The van der Waals surface area contributed by atoms with E-state index in [2.05, 4.69) is 0 Å². The zero-order valence-electron chi connectivity index (χ0n) is 9.93. The molecule has 96 valence electrons. The van der Waals surface area contributed by atoms with E-state index < -0.39 is 0 Å². The zero-order chi connectivity index (χ0) is 11.9. The molecule has 0 unspecified atom stereocenters. The number of ether oxygens (including phenoxy) is 2. The van der Waals surface area contributed by atoms with E-state index in [4.69, 9.17) is 9.47 Å². The molecule has 0 atom stereocenters. The number of likely N-dealkylation sites (tertiary alicyclic amines) is 1. The predicted octanol–water partition coefficient (Wildman–Crippen LogP) is 0.123. The maximum absolute atomic E-state index is 12.1. The van der Waals surface area contributed by atoms with E-state index in [1.54, 1.807) is 4.90 Å². The fourth-order valence-corrected chi connectivity index (χ4v) is 2.98. The highest BCUT2D eigenvalue weighted by atomic mass is 16.7. The molecule has 3 rings (SSSR count). The topological polar surface area (TPSA) is 59.0 Å². The SMILES string of the molecule is O=C(C1CCC2(CC1)OCCO2)N1CC(O)C1. The van der Waals surface area contributed by atoms with Crippen LogP contribution in [0.25, 0.3) is 0 Å². The molecule has 1 saturated carbocycles. The number of amides is 1. The number of carbonyl (C=O) groups excluding carboxylic acids is 1. The molecule has 1 aliphatic carbocycles. The zero-order valence-corrected chi connectivity index (χ0v) is 9.93. The van der Waals surface area contributed by atoms with Gasteiger partial charge in [0.2, 0.25) is 5.91 Å². The van der Waals surface area contributed by atoms with Gasteiger partial charge in [-0.1, -0.05) is 0 Å². The van der Waals surface area contributed by atoms with Gasteiger partial charge in [-0.2, -0.15) is 0 Å². The minimum absolute atomic E-state index is 0.0981. The molecule has 0 bridgehead atoms. The maximum atomic E-state index is 12.1. The highest BCUT2D eigenvalue weighted by molar-refractivity contribution is 5.79.